The van der Waals surface area contributed by atoms with Crippen LogP contribution in [-0.4, -0.2) is 61.9 Å². The second-order valence-electron chi connectivity index (χ2n) is 6.13. The molecule has 2 amide bonds. The van der Waals surface area contributed by atoms with Gasteiger partial charge in [-0.1, -0.05) is 12.8 Å². The predicted octanol–water partition coefficient (Wildman–Crippen LogP) is 0.396. The molecule has 0 saturated heterocycles. The minimum absolute atomic E-state index is 0.00181. The van der Waals surface area contributed by atoms with Gasteiger partial charge < -0.3 is 9.47 Å². The van der Waals surface area contributed by atoms with Gasteiger partial charge in [-0.15, -0.1) is 0 Å². The zero-order chi connectivity index (χ0) is 20.2. The number of nitrogens with zero attached hydrogens (tertiary/aromatic N) is 4. The number of aromatic nitrogens is 3. The third kappa shape index (κ3) is 4.81. The normalized spacial score (nSPS) is 19.9. The highest BCUT2D eigenvalue weighted by Crippen LogP contribution is 2.30. The van der Waals surface area contributed by atoms with Gasteiger partial charge in [0.1, 0.15) is 5.82 Å². The van der Waals surface area contributed by atoms with E-state index in [9.17, 15) is 18.0 Å². The number of methoxy groups -OCH3 is 2. The van der Waals surface area contributed by atoms with E-state index >= 15 is 0 Å². The summed E-state index contributed by atoms with van der Waals surface area (Å²) in [5, 5.41) is -1.04. The summed E-state index contributed by atoms with van der Waals surface area (Å²) in [5.74, 6) is -1.17. The number of carbonyl (C=O) groups is 2. The third-order valence-electron chi connectivity index (χ3n) is 4.34. The number of sulfonamides is 1. The number of esters is 1. The van der Waals surface area contributed by atoms with Crippen molar-refractivity contribution < 1.29 is 27.5 Å². The van der Waals surface area contributed by atoms with E-state index in [1.54, 1.807) is 6.92 Å². The van der Waals surface area contributed by atoms with Crippen LogP contribution in [0.5, 0.6) is 6.01 Å². The molecule has 1 saturated carbocycles. The summed E-state index contributed by atoms with van der Waals surface area (Å²) in [6.07, 6.45) is 2.04. The van der Waals surface area contributed by atoms with Crippen LogP contribution in [0.15, 0.2) is 0 Å². The minimum atomic E-state index is -4.11. The van der Waals surface area contributed by atoms with Crippen molar-refractivity contribution in [1.29, 1.82) is 0 Å². The van der Waals surface area contributed by atoms with Gasteiger partial charge in [-0.2, -0.15) is 15.0 Å². The Morgan fingerprint density at radius 2 is 1.81 bits per heavy atom. The number of urea groups is 1. The minimum Gasteiger partial charge on any atom is -0.469 e. The van der Waals surface area contributed by atoms with Crippen LogP contribution in [0.2, 0.25) is 0 Å². The fourth-order valence-corrected chi connectivity index (χ4v) is 4.62. The van der Waals surface area contributed by atoms with Gasteiger partial charge in [0.05, 0.1) is 25.4 Å². The molecule has 2 atom stereocenters. The predicted molar refractivity (Wildman–Crippen MR) is 94.7 cm³/mol. The summed E-state index contributed by atoms with van der Waals surface area (Å²) in [5.41, 5.74) is 0. The summed E-state index contributed by atoms with van der Waals surface area (Å²) >= 11 is 0. The van der Waals surface area contributed by atoms with Crippen molar-refractivity contribution in [3.63, 3.8) is 0 Å². The number of nitrogens with one attached hydrogen (secondary N) is 1. The van der Waals surface area contributed by atoms with Crippen LogP contribution in [0.1, 0.15) is 31.5 Å². The van der Waals surface area contributed by atoms with E-state index < -0.39 is 33.2 Å². The van der Waals surface area contributed by atoms with E-state index in [-0.39, 0.29) is 18.4 Å². The highest BCUT2D eigenvalue weighted by atomic mass is 32.2. The van der Waals surface area contributed by atoms with Gasteiger partial charge in [0.2, 0.25) is 16.0 Å². The number of hydrogen-bond donors (Lipinski definition) is 1. The number of carbonyl (C=O) groups excluding carboxylic acids is 2. The van der Waals surface area contributed by atoms with Crippen LogP contribution in [0.4, 0.5) is 10.7 Å². The Kier molecular flexibility index (Phi) is 6.52. The maximum absolute atomic E-state index is 12.7. The summed E-state index contributed by atoms with van der Waals surface area (Å²) in [4.78, 5) is 37.1. The number of amides is 2. The molecule has 0 spiro atoms. The van der Waals surface area contributed by atoms with Crippen molar-refractivity contribution >= 4 is 28.0 Å². The smallest absolute Gasteiger partial charge is 0.337 e. The monoisotopic (exact) mass is 401 g/mol. The molecule has 1 N–H and O–H groups in total. The highest BCUT2D eigenvalue weighted by Gasteiger charge is 2.41. The number of rotatable bonds is 5. The van der Waals surface area contributed by atoms with E-state index in [0.29, 0.717) is 18.7 Å². The summed E-state index contributed by atoms with van der Waals surface area (Å²) in [6, 6.07) is -0.949. The zero-order valence-corrected chi connectivity index (χ0v) is 16.4. The van der Waals surface area contributed by atoms with Crippen molar-refractivity contribution in [2.24, 2.45) is 5.92 Å². The molecule has 27 heavy (non-hydrogen) atoms. The molecule has 0 unspecified atom stereocenters. The lowest BCUT2D eigenvalue weighted by Crippen LogP contribution is -2.49. The quantitative estimate of drug-likeness (QED) is 0.694. The van der Waals surface area contributed by atoms with Crippen LogP contribution in [0.25, 0.3) is 0 Å². The van der Waals surface area contributed by atoms with Gasteiger partial charge in [-0.05, 0) is 19.8 Å². The second kappa shape index (κ2) is 8.46. The maximum Gasteiger partial charge on any atom is 0.337 e. The van der Waals surface area contributed by atoms with Gasteiger partial charge in [0.15, 0.2) is 0 Å². The first-order chi connectivity index (χ1) is 12.7. The highest BCUT2D eigenvalue weighted by molar-refractivity contribution is 7.90. The van der Waals surface area contributed by atoms with E-state index in [1.165, 1.54) is 21.3 Å². The van der Waals surface area contributed by atoms with E-state index in [1.807, 2.05) is 4.72 Å². The topological polar surface area (TPSA) is 141 Å². The molecule has 1 heterocycles. The Balaban J connectivity index is 2.19. The molecule has 1 aliphatic rings. The molecule has 0 bridgehead atoms. The average Bonchev–Trinajstić information content (AvgIpc) is 2.65. The third-order valence-corrected chi connectivity index (χ3v) is 6.16. The van der Waals surface area contributed by atoms with Crippen LogP contribution in [0, 0.1) is 12.8 Å². The Labute approximate surface area is 157 Å². The molecule has 0 radical (unpaired) electrons. The maximum atomic E-state index is 12.7. The average molecular weight is 401 g/mol. The van der Waals surface area contributed by atoms with Crippen molar-refractivity contribution in [2.45, 2.75) is 37.9 Å². The summed E-state index contributed by atoms with van der Waals surface area (Å²) in [6.45, 7) is 1.58. The largest absolute Gasteiger partial charge is 0.469 e. The van der Waals surface area contributed by atoms with Crippen LogP contribution >= 0.6 is 0 Å². The van der Waals surface area contributed by atoms with Crippen molar-refractivity contribution in [2.75, 3.05) is 26.2 Å². The van der Waals surface area contributed by atoms with Gasteiger partial charge in [-0.25, -0.2) is 17.9 Å². The van der Waals surface area contributed by atoms with E-state index in [4.69, 9.17) is 9.47 Å². The van der Waals surface area contributed by atoms with Gasteiger partial charge in [0, 0.05) is 7.05 Å². The number of hydrogen-bond acceptors (Lipinski definition) is 9. The Morgan fingerprint density at radius 1 is 1.15 bits per heavy atom. The lowest BCUT2D eigenvalue weighted by Gasteiger charge is -2.29. The molecule has 1 aromatic rings. The fourth-order valence-electron chi connectivity index (χ4n) is 2.93. The molecular formula is C15H23N5O6S. The van der Waals surface area contributed by atoms with Crippen molar-refractivity contribution in [3.05, 3.63) is 5.82 Å². The first kappa shape index (κ1) is 20.8. The van der Waals surface area contributed by atoms with Crippen molar-refractivity contribution in [1.82, 2.24) is 19.7 Å². The Bertz CT molecular complexity index is 815. The molecule has 1 fully saturated rings. The molecule has 1 aromatic heterocycles. The first-order valence-corrected chi connectivity index (χ1v) is 9.88. The molecule has 11 nitrogen and oxygen atoms in total. The molecule has 12 heteroatoms. The number of ether oxygens (including phenoxy) is 2. The van der Waals surface area contributed by atoms with Crippen LogP contribution in [0.3, 0.4) is 0 Å². The Hall–Kier alpha value is -2.50. The number of aryl methyl sites for hydroxylation is 1. The summed E-state index contributed by atoms with van der Waals surface area (Å²) < 4.78 is 37.0. The van der Waals surface area contributed by atoms with E-state index in [0.717, 1.165) is 11.3 Å². The molecular weight excluding hydrogens is 378 g/mol. The molecule has 2 rings (SSSR count). The lowest BCUT2D eigenvalue weighted by atomic mass is 9.89. The van der Waals surface area contributed by atoms with Crippen molar-refractivity contribution in [3.8, 4) is 6.01 Å². The second-order valence-corrected chi connectivity index (χ2v) is 8.03. The van der Waals surface area contributed by atoms with Gasteiger partial charge >= 0.3 is 18.0 Å². The van der Waals surface area contributed by atoms with Gasteiger partial charge in [0.25, 0.3) is 0 Å². The molecule has 0 aliphatic heterocycles. The number of anilines is 1. The zero-order valence-electron chi connectivity index (χ0n) is 15.6. The molecule has 1 aliphatic carbocycles. The van der Waals surface area contributed by atoms with Crippen LogP contribution < -0.4 is 14.4 Å². The fraction of sp³-hybridized carbons (Fsp3) is 0.667. The van der Waals surface area contributed by atoms with E-state index in [2.05, 4.69) is 15.0 Å². The standard InChI is InChI=1S/C15H23N5O6S/c1-9-16-13(18-14(17-9)26-4)20(2)15(22)19-27(23,24)11-8-6-5-7-10(11)12(21)25-3/h10-11H,5-8H2,1-4H3,(H,19,22)/t10-,11-/m0/s1. The van der Waals surface area contributed by atoms with Crippen LogP contribution in [-0.2, 0) is 19.6 Å². The first-order valence-electron chi connectivity index (χ1n) is 8.33. The SMILES string of the molecule is COC(=O)[C@H]1CCCC[C@@H]1S(=O)(=O)NC(=O)N(C)c1nc(C)nc(OC)n1. The van der Waals surface area contributed by atoms with Gasteiger partial charge in [-0.3, -0.25) is 9.69 Å². The summed E-state index contributed by atoms with van der Waals surface area (Å²) in [7, 11) is -0.221. The Morgan fingerprint density at radius 3 is 2.44 bits per heavy atom. The lowest BCUT2D eigenvalue weighted by molar-refractivity contribution is -0.146. The molecule has 150 valence electrons. The molecule has 0 aromatic carbocycles.